The Morgan fingerprint density at radius 1 is 1.10 bits per heavy atom. The molecule has 11 heteroatoms. The molecule has 4 aromatic rings. The summed E-state index contributed by atoms with van der Waals surface area (Å²) in [5.41, 5.74) is 7.64. The molecule has 0 aliphatic heterocycles. The Balaban J connectivity index is 1.40. The Kier molecular flexibility index (Phi) is 7.79. The number of hydrogen-bond acceptors (Lipinski definition) is 6. The van der Waals surface area contributed by atoms with E-state index in [1.54, 1.807) is 30.5 Å². The second-order valence-electron chi connectivity index (χ2n) is 10.9. The van der Waals surface area contributed by atoms with E-state index >= 15 is 0 Å². The molecule has 0 bridgehead atoms. The number of anilines is 2. The fraction of sp³-hybridized carbons (Fsp3) is 0.367. The number of pyridine rings is 1. The van der Waals surface area contributed by atoms with E-state index in [0.29, 0.717) is 34.9 Å². The molecule has 2 atom stereocenters. The van der Waals surface area contributed by atoms with Crippen LogP contribution in [-0.4, -0.2) is 31.0 Å². The first-order chi connectivity index (χ1) is 19.5. The number of nitrogen functional groups attached to an aromatic ring is 1. The van der Waals surface area contributed by atoms with Gasteiger partial charge < -0.3 is 11.1 Å². The fourth-order valence-electron chi connectivity index (χ4n) is 5.45. The van der Waals surface area contributed by atoms with Gasteiger partial charge in [-0.15, -0.1) is 0 Å². The predicted molar refractivity (Wildman–Crippen MR) is 149 cm³/mol. The molecule has 1 aliphatic carbocycles. The first kappa shape index (κ1) is 28.3. The van der Waals surface area contributed by atoms with Crippen molar-refractivity contribution in [2.45, 2.75) is 58.0 Å². The largest absolute Gasteiger partial charge is 0.416 e. The van der Waals surface area contributed by atoms with Gasteiger partial charge in [0.2, 0.25) is 0 Å². The molecule has 1 aliphatic rings. The van der Waals surface area contributed by atoms with Gasteiger partial charge in [0, 0.05) is 48.0 Å². The topological polar surface area (TPSA) is 115 Å². The van der Waals surface area contributed by atoms with E-state index in [2.05, 4.69) is 15.3 Å². The Bertz CT molecular complexity index is 1580. The van der Waals surface area contributed by atoms with E-state index in [1.165, 1.54) is 0 Å². The van der Waals surface area contributed by atoms with Crippen LogP contribution in [0.1, 0.15) is 73.6 Å². The average Bonchev–Trinajstić information content (AvgIpc) is 3.34. The summed E-state index contributed by atoms with van der Waals surface area (Å²) in [6.45, 7) is 3.87. The van der Waals surface area contributed by atoms with Crippen molar-refractivity contribution in [2.24, 2.45) is 11.8 Å². The second-order valence-corrected chi connectivity index (χ2v) is 10.9. The van der Waals surface area contributed by atoms with Gasteiger partial charge in [0.05, 0.1) is 5.56 Å². The lowest BCUT2D eigenvalue weighted by molar-refractivity contribution is -0.137. The van der Waals surface area contributed by atoms with E-state index in [0.717, 1.165) is 49.8 Å². The van der Waals surface area contributed by atoms with Gasteiger partial charge in [-0.05, 0) is 49.4 Å². The molecule has 8 nitrogen and oxygen atoms in total. The number of benzene rings is 1. The summed E-state index contributed by atoms with van der Waals surface area (Å²) in [6, 6.07) is 8.21. The van der Waals surface area contributed by atoms with E-state index < -0.39 is 17.6 Å². The van der Waals surface area contributed by atoms with Gasteiger partial charge in [-0.3, -0.25) is 14.0 Å². The number of nitrogens with zero attached hydrogens (tertiary/aromatic N) is 4. The highest BCUT2D eigenvalue weighted by atomic mass is 19.4. The quantitative estimate of drug-likeness (QED) is 0.264. The van der Waals surface area contributed by atoms with Crippen molar-refractivity contribution in [1.29, 1.82) is 0 Å². The smallest absolute Gasteiger partial charge is 0.382 e. The van der Waals surface area contributed by atoms with Crippen LogP contribution in [0, 0.1) is 11.8 Å². The first-order valence-electron chi connectivity index (χ1n) is 13.6. The summed E-state index contributed by atoms with van der Waals surface area (Å²) < 4.78 is 41.0. The predicted octanol–water partition coefficient (Wildman–Crippen LogP) is 6.53. The number of ketones is 1. The van der Waals surface area contributed by atoms with Crippen LogP contribution in [0.15, 0.2) is 55.0 Å². The Labute approximate surface area is 235 Å². The van der Waals surface area contributed by atoms with Crippen molar-refractivity contribution in [3.63, 3.8) is 0 Å². The van der Waals surface area contributed by atoms with Gasteiger partial charge in [0.25, 0.3) is 5.91 Å². The number of nitrogens with two attached hydrogens (primary N) is 1. The van der Waals surface area contributed by atoms with E-state index in [4.69, 9.17) is 10.7 Å². The number of carbonyl (C=O) groups excluding carboxylic acids is 2. The highest BCUT2D eigenvalue weighted by Gasteiger charge is 2.31. The molecule has 1 saturated carbocycles. The van der Waals surface area contributed by atoms with Gasteiger partial charge >= 0.3 is 6.18 Å². The standard InChI is InChI=1S/C30H31F3N6O2/c1-17(2)23(40)15-18-4-3-5-21(14-18)28-38-25(26-27(34)36-12-13-39(26)28)19-6-8-20(9-7-19)29(41)37-24-16-22(10-11-35-24)30(31,32)33/h6-13,16-18,21H,3-5,14-15H2,1-2H3,(H2,34,36)(H,35,37,41)/t18-,21-/m1/s1. The van der Waals surface area contributed by atoms with Gasteiger partial charge in [0.15, 0.2) is 0 Å². The molecule has 3 heterocycles. The zero-order chi connectivity index (χ0) is 29.3. The number of rotatable bonds is 7. The molecular formula is C30H31F3N6O2. The monoisotopic (exact) mass is 564 g/mol. The molecule has 41 heavy (non-hydrogen) atoms. The number of aromatic nitrogens is 4. The summed E-state index contributed by atoms with van der Waals surface area (Å²) in [6.07, 6.45) is 4.35. The zero-order valence-electron chi connectivity index (χ0n) is 22.8. The van der Waals surface area contributed by atoms with E-state index in [9.17, 15) is 22.8 Å². The van der Waals surface area contributed by atoms with Crippen molar-refractivity contribution in [3.05, 3.63) is 71.9 Å². The number of nitrogens with one attached hydrogen (secondary N) is 1. The molecular weight excluding hydrogens is 533 g/mol. The lowest BCUT2D eigenvalue weighted by Gasteiger charge is -2.28. The van der Waals surface area contributed by atoms with Crippen LogP contribution >= 0.6 is 0 Å². The first-order valence-corrected chi connectivity index (χ1v) is 13.6. The molecule has 1 amide bonds. The molecule has 0 saturated heterocycles. The van der Waals surface area contributed by atoms with Crippen molar-refractivity contribution in [1.82, 2.24) is 19.4 Å². The number of halogens is 3. The molecule has 3 aromatic heterocycles. The molecule has 3 N–H and O–H groups in total. The molecule has 1 aromatic carbocycles. The maximum atomic E-state index is 13.0. The maximum Gasteiger partial charge on any atom is 0.416 e. The SMILES string of the molecule is CC(C)C(=O)C[C@@H]1CCC[C@@H](c2nc(-c3ccc(C(=O)Nc4cc(C(F)(F)F)ccn4)cc3)c3c(N)nccn23)C1. The highest BCUT2D eigenvalue weighted by Crippen LogP contribution is 2.40. The van der Waals surface area contributed by atoms with Crippen LogP contribution in [0.2, 0.25) is 0 Å². The van der Waals surface area contributed by atoms with Gasteiger partial charge in [-0.1, -0.05) is 32.4 Å². The van der Waals surface area contributed by atoms with Gasteiger partial charge in [0.1, 0.15) is 34.5 Å². The van der Waals surface area contributed by atoms with Crippen LogP contribution in [0.5, 0.6) is 0 Å². The summed E-state index contributed by atoms with van der Waals surface area (Å²) in [5, 5.41) is 2.42. The van der Waals surface area contributed by atoms with Crippen LogP contribution in [0.25, 0.3) is 16.8 Å². The molecule has 1 fully saturated rings. The van der Waals surface area contributed by atoms with Crippen molar-refractivity contribution in [2.75, 3.05) is 11.1 Å². The lowest BCUT2D eigenvalue weighted by atomic mass is 9.78. The summed E-state index contributed by atoms with van der Waals surface area (Å²) in [4.78, 5) is 38.2. The summed E-state index contributed by atoms with van der Waals surface area (Å²) in [5.74, 6) is 1.16. The van der Waals surface area contributed by atoms with Gasteiger partial charge in [-0.2, -0.15) is 13.2 Å². The lowest BCUT2D eigenvalue weighted by Crippen LogP contribution is -2.20. The number of fused-ring (bicyclic) bond motifs is 1. The minimum absolute atomic E-state index is 0.0199. The summed E-state index contributed by atoms with van der Waals surface area (Å²) in [7, 11) is 0. The molecule has 5 rings (SSSR count). The molecule has 0 unspecified atom stereocenters. The third-order valence-electron chi connectivity index (χ3n) is 7.64. The van der Waals surface area contributed by atoms with Crippen LogP contribution in [-0.2, 0) is 11.0 Å². The number of hydrogen-bond donors (Lipinski definition) is 2. The van der Waals surface area contributed by atoms with Crippen LogP contribution in [0.4, 0.5) is 24.8 Å². The molecule has 214 valence electrons. The summed E-state index contributed by atoms with van der Waals surface area (Å²) >= 11 is 0. The number of Topliss-reactive ketones (excluding diaryl/α,β-unsaturated/α-hetero) is 1. The Morgan fingerprint density at radius 2 is 1.85 bits per heavy atom. The zero-order valence-corrected chi connectivity index (χ0v) is 22.8. The number of alkyl halides is 3. The normalized spacial score (nSPS) is 17.6. The third kappa shape index (κ3) is 6.08. The molecule has 0 spiro atoms. The van der Waals surface area contributed by atoms with E-state index in [-0.39, 0.29) is 29.0 Å². The van der Waals surface area contributed by atoms with Crippen LogP contribution in [0.3, 0.4) is 0 Å². The Hall–Kier alpha value is -4.28. The third-order valence-corrected chi connectivity index (χ3v) is 7.64. The fourth-order valence-corrected chi connectivity index (χ4v) is 5.45. The number of amides is 1. The number of carbonyl (C=O) groups is 2. The Morgan fingerprint density at radius 3 is 2.56 bits per heavy atom. The highest BCUT2D eigenvalue weighted by molar-refractivity contribution is 6.04. The van der Waals surface area contributed by atoms with E-state index in [1.807, 2.05) is 24.4 Å². The van der Waals surface area contributed by atoms with Crippen molar-refractivity contribution in [3.8, 4) is 11.3 Å². The maximum absolute atomic E-state index is 13.0. The number of imidazole rings is 1. The van der Waals surface area contributed by atoms with Gasteiger partial charge in [-0.25, -0.2) is 15.0 Å². The van der Waals surface area contributed by atoms with Crippen molar-refractivity contribution < 1.29 is 22.8 Å². The molecule has 0 radical (unpaired) electrons. The second kappa shape index (κ2) is 11.3. The van der Waals surface area contributed by atoms with Crippen LogP contribution < -0.4 is 11.1 Å². The minimum Gasteiger partial charge on any atom is -0.382 e. The average molecular weight is 565 g/mol. The van der Waals surface area contributed by atoms with Crippen molar-refractivity contribution >= 4 is 28.8 Å². The minimum atomic E-state index is -4.54.